The van der Waals surface area contributed by atoms with E-state index in [-0.39, 0.29) is 12.5 Å². The minimum absolute atomic E-state index is 0.0606. The number of aryl methyl sites for hydroxylation is 1. The van der Waals surface area contributed by atoms with Crippen LogP contribution in [0.5, 0.6) is 5.75 Å². The van der Waals surface area contributed by atoms with Gasteiger partial charge >= 0.3 is 0 Å². The number of carbonyl (C=O) groups excluding carboxylic acids is 1. The van der Waals surface area contributed by atoms with Crippen molar-refractivity contribution in [2.45, 2.75) is 13.5 Å². The van der Waals surface area contributed by atoms with E-state index in [2.05, 4.69) is 10.4 Å². The summed E-state index contributed by atoms with van der Waals surface area (Å²) >= 11 is 5.88. The molecule has 1 amide bonds. The molecule has 128 valence electrons. The number of nitrogens with one attached hydrogen (secondary N) is 1. The fourth-order valence-electron chi connectivity index (χ4n) is 2.33. The van der Waals surface area contributed by atoms with E-state index >= 15 is 0 Å². The Hall–Kier alpha value is -2.79. The molecule has 1 N–H and O–H groups in total. The summed E-state index contributed by atoms with van der Waals surface area (Å²) in [5.74, 6) is 0.943. The highest BCUT2D eigenvalue weighted by Gasteiger charge is 2.07. The molecule has 0 saturated heterocycles. The molecule has 2 aromatic carbocycles. The van der Waals surface area contributed by atoms with Gasteiger partial charge in [0.15, 0.2) is 12.4 Å². The maximum absolute atomic E-state index is 12.0. The molecule has 25 heavy (non-hydrogen) atoms. The van der Waals surface area contributed by atoms with Gasteiger partial charge in [-0.1, -0.05) is 41.9 Å². The van der Waals surface area contributed by atoms with Crippen molar-refractivity contribution in [3.63, 3.8) is 0 Å². The zero-order valence-electron chi connectivity index (χ0n) is 13.8. The van der Waals surface area contributed by atoms with E-state index in [0.29, 0.717) is 23.1 Å². The summed E-state index contributed by atoms with van der Waals surface area (Å²) < 4.78 is 7.28. The molecule has 0 unspecified atom stereocenters. The summed E-state index contributed by atoms with van der Waals surface area (Å²) in [6.45, 7) is 2.48. The second kappa shape index (κ2) is 7.85. The van der Waals surface area contributed by atoms with Gasteiger partial charge in [-0.3, -0.25) is 9.48 Å². The van der Waals surface area contributed by atoms with Crippen LogP contribution in [0.25, 0.3) is 0 Å². The number of ether oxygens (including phenoxy) is 1. The lowest BCUT2D eigenvalue weighted by atomic mass is 10.2. The first-order valence-electron chi connectivity index (χ1n) is 7.86. The lowest BCUT2D eigenvalue weighted by Gasteiger charge is -2.08. The van der Waals surface area contributed by atoms with E-state index in [1.54, 1.807) is 10.7 Å². The third-order valence-corrected chi connectivity index (χ3v) is 3.87. The predicted octanol–water partition coefficient (Wildman–Crippen LogP) is 3.91. The third-order valence-electron chi connectivity index (χ3n) is 3.62. The van der Waals surface area contributed by atoms with Gasteiger partial charge in [0.2, 0.25) is 0 Å². The molecule has 0 fully saturated rings. The van der Waals surface area contributed by atoms with Crippen LogP contribution in [-0.4, -0.2) is 22.3 Å². The Labute approximate surface area is 151 Å². The topological polar surface area (TPSA) is 56.1 Å². The van der Waals surface area contributed by atoms with Crippen LogP contribution in [0.1, 0.15) is 11.1 Å². The highest BCUT2D eigenvalue weighted by atomic mass is 35.5. The van der Waals surface area contributed by atoms with Crippen LogP contribution < -0.4 is 10.1 Å². The van der Waals surface area contributed by atoms with Crippen LogP contribution in [-0.2, 0) is 11.3 Å². The van der Waals surface area contributed by atoms with Crippen LogP contribution in [0.15, 0.2) is 60.8 Å². The molecule has 0 aliphatic rings. The highest BCUT2D eigenvalue weighted by molar-refractivity contribution is 6.30. The molecule has 0 saturated carbocycles. The lowest BCUT2D eigenvalue weighted by Crippen LogP contribution is -2.20. The minimum atomic E-state index is -0.250. The average Bonchev–Trinajstić information content (AvgIpc) is 3.03. The second-order valence-electron chi connectivity index (χ2n) is 5.63. The fourth-order valence-corrected chi connectivity index (χ4v) is 2.46. The molecule has 0 atom stereocenters. The molecule has 0 aliphatic carbocycles. The Kier molecular flexibility index (Phi) is 5.36. The van der Waals surface area contributed by atoms with Gasteiger partial charge in [-0.2, -0.15) is 5.10 Å². The Bertz CT molecular complexity index is 859. The maximum Gasteiger partial charge on any atom is 0.263 e. The number of rotatable bonds is 6. The summed E-state index contributed by atoms with van der Waals surface area (Å²) in [6, 6.07) is 16.9. The van der Waals surface area contributed by atoms with Crippen LogP contribution in [0.3, 0.4) is 0 Å². The molecule has 3 rings (SSSR count). The first kappa shape index (κ1) is 17.0. The largest absolute Gasteiger partial charge is 0.483 e. The van der Waals surface area contributed by atoms with E-state index in [4.69, 9.17) is 16.3 Å². The van der Waals surface area contributed by atoms with Crippen molar-refractivity contribution in [1.29, 1.82) is 0 Å². The van der Waals surface area contributed by atoms with E-state index in [1.165, 1.54) is 0 Å². The predicted molar refractivity (Wildman–Crippen MR) is 98.1 cm³/mol. The summed E-state index contributed by atoms with van der Waals surface area (Å²) in [5, 5.41) is 7.77. The van der Waals surface area contributed by atoms with Gasteiger partial charge in [-0.15, -0.1) is 0 Å². The molecule has 3 aromatic rings. The Balaban J connectivity index is 1.53. The monoisotopic (exact) mass is 355 g/mol. The molecule has 6 heteroatoms. The minimum Gasteiger partial charge on any atom is -0.483 e. The number of nitrogens with zero attached hydrogens (tertiary/aromatic N) is 2. The van der Waals surface area contributed by atoms with Crippen molar-refractivity contribution in [3.8, 4) is 5.75 Å². The zero-order valence-corrected chi connectivity index (χ0v) is 14.5. The molecule has 0 bridgehead atoms. The first-order valence-corrected chi connectivity index (χ1v) is 8.24. The Morgan fingerprint density at radius 3 is 2.68 bits per heavy atom. The van der Waals surface area contributed by atoms with Crippen molar-refractivity contribution in [1.82, 2.24) is 9.78 Å². The molecule has 1 heterocycles. The quantitative estimate of drug-likeness (QED) is 0.729. The van der Waals surface area contributed by atoms with Crippen LogP contribution in [0, 0.1) is 6.92 Å². The molecule has 5 nitrogen and oxygen atoms in total. The van der Waals surface area contributed by atoms with Crippen molar-refractivity contribution in [2.24, 2.45) is 0 Å². The number of halogens is 1. The van der Waals surface area contributed by atoms with E-state index in [1.807, 2.05) is 61.7 Å². The summed E-state index contributed by atoms with van der Waals surface area (Å²) in [5.41, 5.74) is 2.07. The standard InChI is InChI=1S/C19H18ClN3O2/c1-14-4-2-3-5-17(14)25-13-19(24)21-18-10-11-23(22-18)12-15-6-8-16(20)9-7-15/h2-11H,12-13H2,1H3,(H,21,22,24). The lowest BCUT2D eigenvalue weighted by molar-refractivity contribution is -0.118. The number of hydrogen-bond acceptors (Lipinski definition) is 3. The molecular weight excluding hydrogens is 338 g/mol. The molecule has 0 aliphatic heterocycles. The SMILES string of the molecule is Cc1ccccc1OCC(=O)Nc1ccn(Cc2ccc(Cl)cc2)n1. The molecule has 1 aromatic heterocycles. The Morgan fingerprint density at radius 2 is 1.92 bits per heavy atom. The van der Waals surface area contributed by atoms with Crippen molar-refractivity contribution in [3.05, 3.63) is 76.9 Å². The van der Waals surface area contributed by atoms with Crippen LogP contribution >= 0.6 is 11.6 Å². The maximum atomic E-state index is 12.0. The van der Waals surface area contributed by atoms with Crippen molar-refractivity contribution < 1.29 is 9.53 Å². The average molecular weight is 356 g/mol. The summed E-state index contributed by atoms with van der Waals surface area (Å²) in [6.07, 6.45) is 1.81. The second-order valence-corrected chi connectivity index (χ2v) is 6.06. The van der Waals surface area contributed by atoms with Gasteiger partial charge in [-0.05, 0) is 36.2 Å². The van der Waals surface area contributed by atoms with Crippen molar-refractivity contribution in [2.75, 3.05) is 11.9 Å². The third kappa shape index (κ3) is 4.84. The summed E-state index contributed by atoms with van der Waals surface area (Å²) in [7, 11) is 0. The van der Waals surface area contributed by atoms with Gasteiger partial charge in [0.25, 0.3) is 5.91 Å². The van der Waals surface area contributed by atoms with Crippen LogP contribution in [0.2, 0.25) is 5.02 Å². The smallest absolute Gasteiger partial charge is 0.263 e. The number of benzene rings is 2. The highest BCUT2D eigenvalue weighted by Crippen LogP contribution is 2.16. The number of aromatic nitrogens is 2. The van der Waals surface area contributed by atoms with Crippen molar-refractivity contribution >= 4 is 23.3 Å². The zero-order chi connectivity index (χ0) is 17.6. The van der Waals surface area contributed by atoms with E-state index in [9.17, 15) is 4.79 Å². The fraction of sp³-hybridized carbons (Fsp3) is 0.158. The van der Waals surface area contributed by atoms with E-state index < -0.39 is 0 Å². The number of para-hydroxylation sites is 1. The van der Waals surface area contributed by atoms with Gasteiger partial charge in [0.1, 0.15) is 5.75 Å². The number of hydrogen-bond donors (Lipinski definition) is 1. The van der Waals surface area contributed by atoms with Gasteiger partial charge < -0.3 is 10.1 Å². The summed E-state index contributed by atoms with van der Waals surface area (Å²) in [4.78, 5) is 12.0. The first-order chi connectivity index (χ1) is 12.1. The number of amides is 1. The molecule has 0 radical (unpaired) electrons. The normalized spacial score (nSPS) is 10.5. The Morgan fingerprint density at radius 1 is 1.16 bits per heavy atom. The van der Waals surface area contributed by atoms with E-state index in [0.717, 1.165) is 11.1 Å². The number of carbonyl (C=O) groups is 1. The van der Waals surface area contributed by atoms with Gasteiger partial charge in [0, 0.05) is 17.3 Å². The molecule has 0 spiro atoms. The van der Waals surface area contributed by atoms with Crippen LogP contribution in [0.4, 0.5) is 5.82 Å². The molecular formula is C19H18ClN3O2. The van der Waals surface area contributed by atoms with Gasteiger partial charge in [0.05, 0.1) is 6.54 Å². The number of anilines is 1. The van der Waals surface area contributed by atoms with Gasteiger partial charge in [-0.25, -0.2) is 0 Å².